The SMILES string of the molecule is CNC(Cc1ccc(C)cc1)c1ccc(OC)c(C)c1. The van der Waals surface area contributed by atoms with Gasteiger partial charge < -0.3 is 10.1 Å². The van der Waals surface area contributed by atoms with E-state index in [1.54, 1.807) is 7.11 Å². The molecule has 0 radical (unpaired) electrons. The van der Waals surface area contributed by atoms with Crippen molar-refractivity contribution in [3.05, 3.63) is 64.7 Å². The van der Waals surface area contributed by atoms with Gasteiger partial charge in [-0.1, -0.05) is 42.0 Å². The van der Waals surface area contributed by atoms with Crippen LogP contribution in [0.5, 0.6) is 5.75 Å². The van der Waals surface area contributed by atoms with E-state index in [2.05, 4.69) is 55.6 Å². The lowest BCUT2D eigenvalue weighted by atomic mass is 9.97. The first kappa shape index (κ1) is 14.6. The van der Waals surface area contributed by atoms with E-state index in [0.717, 1.165) is 12.2 Å². The van der Waals surface area contributed by atoms with E-state index in [9.17, 15) is 0 Å². The van der Waals surface area contributed by atoms with Crippen LogP contribution in [0.25, 0.3) is 0 Å². The van der Waals surface area contributed by atoms with Crippen molar-refractivity contribution in [2.45, 2.75) is 26.3 Å². The Morgan fingerprint density at radius 1 is 1.05 bits per heavy atom. The number of aryl methyl sites for hydroxylation is 2. The molecule has 0 aliphatic heterocycles. The highest BCUT2D eigenvalue weighted by Crippen LogP contribution is 2.24. The Bertz CT molecular complexity index is 560. The maximum Gasteiger partial charge on any atom is 0.121 e. The number of ether oxygens (including phenoxy) is 1. The summed E-state index contributed by atoms with van der Waals surface area (Å²) >= 11 is 0. The number of hydrogen-bond acceptors (Lipinski definition) is 2. The molecule has 0 aliphatic carbocycles. The van der Waals surface area contributed by atoms with Gasteiger partial charge >= 0.3 is 0 Å². The Morgan fingerprint density at radius 3 is 2.30 bits per heavy atom. The molecule has 0 saturated heterocycles. The third-order valence-electron chi connectivity index (χ3n) is 3.73. The van der Waals surface area contributed by atoms with E-state index in [1.807, 2.05) is 13.1 Å². The quantitative estimate of drug-likeness (QED) is 0.891. The highest BCUT2D eigenvalue weighted by atomic mass is 16.5. The van der Waals surface area contributed by atoms with Gasteiger partial charge in [0.25, 0.3) is 0 Å². The van der Waals surface area contributed by atoms with Gasteiger partial charge in [-0.3, -0.25) is 0 Å². The van der Waals surface area contributed by atoms with E-state index in [4.69, 9.17) is 4.74 Å². The van der Waals surface area contributed by atoms with Crippen molar-refractivity contribution in [2.24, 2.45) is 0 Å². The van der Waals surface area contributed by atoms with Gasteiger partial charge in [0.2, 0.25) is 0 Å². The largest absolute Gasteiger partial charge is 0.496 e. The van der Waals surface area contributed by atoms with Crippen LogP contribution in [-0.4, -0.2) is 14.2 Å². The smallest absolute Gasteiger partial charge is 0.121 e. The molecule has 2 aromatic rings. The summed E-state index contributed by atoms with van der Waals surface area (Å²) < 4.78 is 5.32. The molecule has 106 valence electrons. The minimum absolute atomic E-state index is 0.322. The zero-order valence-corrected chi connectivity index (χ0v) is 12.7. The highest BCUT2D eigenvalue weighted by Gasteiger charge is 2.11. The molecule has 0 amide bonds. The van der Waals surface area contributed by atoms with Gasteiger partial charge in [-0.25, -0.2) is 0 Å². The second-order valence-electron chi connectivity index (χ2n) is 5.26. The highest BCUT2D eigenvalue weighted by molar-refractivity contribution is 5.38. The summed E-state index contributed by atoms with van der Waals surface area (Å²) in [7, 11) is 3.72. The van der Waals surface area contributed by atoms with Gasteiger partial charge in [-0.05, 0) is 50.1 Å². The number of methoxy groups -OCH3 is 1. The Balaban J connectivity index is 2.19. The van der Waals surface area contributed by atoms with Gasteiger partial charge in [-0.15, -0.1) is 0 Å². The maximum atomic E-state index is 5.32. The minimum Gasteiger partial charge on any atom is -0.496 e. The predicted octanol–water partition coefficient (Wildman–Crippen LogP) is 3.82. The van der Waals surface area contributed by atoms with Crippen LogP contribution in [0.3, 0.4) is 0 Å². The first-order valence-electron chi connectivity index (χ1n) is 7.01. The molecule has 0 fully saturated rings. The fourth-order valence-corrected chi connectivity index (χ4v) is 2.46. The molecule has 0 heterocycles. The average Bonchev–Trinajstić information content (AvgIpc) is 2.46. The number of benzene rings is 2. The topological polar surface area (TPSA) is 21.3 Å². The van der Waals surface area contributed by atoms with Crippen molar-refractivity contribution in [2.75, 3.05) is 14.2 Å². The molecule has 1 N–H and O–H groups in total. The fourth-order valence-electron chi connectivity index (χ4n) is 2.46. The molecule has 2 heteroatoms. The van der Waals surface area contributed by atoms with Gasteiger partial charge in [-0.2, -0.15) is 0 Å². The van der Waals surface area contributed by atoms with Gasteiger partial charge in [0.05, 0.1) is 7.11 Å². The summed E-state index contributed by atoms with van der Waals surface area (Å²) in [5.41, 5.74) is 5.12. The monoisotopic (exact) mass is 269 g/mol. The van der Waals surface area contributed by atoms with E-state index in [1.165, 1.54) is 22.3 Å². The number of hydrogen-bond donors (Lipinski definition) is 1. The van der Waals surface area contributed by atoms with Crippen molar-refractivity contribution in [3.63, 3.8) is 0 Å². The van der Waals surface area contributed by atoms with E-state index < -0.39 is 0 Å². The van der Waals surface area contributed by atoms with Crippen molar-refractivity contribution < 1.29 is 4.74 Å². The lowest BCUT2D eigenvalue weighted by Gasteiger charge is -2.18. The fraction of sp³-hybridized carbons (Fsp3) is 0.333. The number of rotatable bonds is 5. The molecule has 0 aliphatic rings. The molecular formula is C18H23NO. The minimum atomic E-state index is 0.322. The Morgan fingerprint density at radius 2 is 1.75 bits per heavy atom. The molecule has 2 nitrogen and oxygen atoms in total. The first-order chi connectivity index (χ1) is 9.63. The van der Waals surface area contributed by atoms with Crippen LogP contribution in [0.4, 0.5) is 0 Å². The molecule has 0 bridgehead atoms. The van der Waals surface area contributed by atoms with Crippen LogP contribution < -0.4 is 10.1 Å². The molecule has 1 unspecified atom stereocenters. The van der Waals surface area contributed by atoms with Gasteiger partial charge in [0, 0.05) is 6.04 Å². The zero-order chi connectivity index (χ0) is 14.5. The van der Waals surface area contributed by atoms with E-state index in [-0.39, 0.29) is 0 Å². The average molecular weight is 269 g/mol. The van der Waals surface area contributed by atoms with Crippen LogP contribution in [0.2, 0.25) is 0 Å². The third-order valence-corrected chi connectivity index (χ3v) is 3.73. The standard InChI is InChI=1S/C18H23NO/c1-13-5-7-15(8-6-13)12-17(19-3)16-9-10-18(20-4)14(2)11-16/h5-11,17,19H,12H2,1-4H3. The van der Waals surface area contributed by atoms with E-state index >= 15 is 0 Å². The molecule has 2 rings (SSSR count). The summed E-state index contributed by atoms with van der Waals surface area (Å²) in [6, 6.07) is 15.5. The summed E-state index contributed by atoms with van der Waals surface area (Å²) in [6.45, 7) is 4.20. The molecule has 0 saturated carbocycles. The molecular weight excluding hydrogens is 246 g/mol. The van der Waals surface area contributed by atoms with Gasteiger partial charge in [0.15, 0.2) is 0 Å². The number of likely N-dealkylation sites (N-methyl/N-ethyl adjacent to an activating group) is 1. The Kier molecular flexibility index (Phi) is 4.80. The summed E-state index contributed by atoms with van der Waals surface area (Å²) in [5, 5.41) is 3.41. The second-order valence-corrected chi connectivity index (χ2v) is 5.26. The predicted molar refractivity (Wildman–Crippen MR) is 84.4 cm³/mol. The van der Waals surface area contributed by atoms with Crippen LogP contribution in [0, 0.1) is 13.8 Å². The van der Waals surface area contributed by atoms with Crippen LogP contribution in [-0.2, 0) is 6.42 Å². The lowest BCUT2D eigenvalue weighted by Crippen LogP contribution is -2.19. The van der Waals surface area contributed by atoms with Crippen molar-refractivity contribution in [1.82, 2.24) is 5.32 Å². The summed E-state index contributed by atoms with van der Waals surface area (Å²) in [4.78, 5) is 0. The van der Waals surface area contributed by atoms with Crippen LogP contribution in [0.15, 0.2) is 42.5 Å². The Labute approximate surface area is 121 Å². The molecule has 2 aromatic carbocycles. The van der Waals surface area contributed by atoms with Crippen LogP contribution >= 0.6 is 0 Å². The molecule has 0 spiro atoms. The van der Waals surface area contributed by atoms with Crippen molar-refractivity contribution in [1.29, 1.82) is 0 Å². The second kappa shape index (κ2) is 6.58. The normalized spacial score (nSPS) is 12.2. The third kappa shape index (κ3) is 3.40. The molecule has 0 aromatic heterocycles. The van der Waals surface area contributed by atoms with E-state index in [0.29, 0.717) is 6.04 Å². The summed E-state index contributed by atoms with van der Waals surface area (Å²) in [6.07, 6.45) is 0.989. The van der Waals surface area contributed by atoms with Gasteiger partial charge in [0.1, 0.15) is 5.75 Å². The zero-order valence-electron chi connectivity index (χ0n) is 12.7. The molecule has 20 heavy (non-hydrogen) atoms. The van der Waals surface area contributed by atoms with Crippen molar-refractivity contribution in [3.8, 4) is 5.75 Å². The number of nitrogens with one attached hydrogen (secondary N) is 1. The summed E-state index contributed by atoms with van der Waals surface area (Å²) in [5.74, 6) is 0.943. The maximum absolute atomic E-state index is 5.32. The first-order valence-corrected chi connectivity index (χ1v) is 7.01. The molecule has 1 atom stereocenters. The lowest BCUT2D eigenvalue weighted by molar-refractivity contribution is 0.411. The Hall–Kier alpha value is -1.80. The van der Waals surface area contributed by atoms with Crippen LogP contribution in [0.1, 0.15) is 28.3 Å². The van der Waals surface area contributed by atoms with Crippen molar-refractivity contribution >= 4 is 0 Å².